The Kier molecular flexibility index (Phi) is 4.11. The van der Waals surface area contributed by atoms with Crippen molar-refractivity contribution < 1.29 is 0 Å². The molecule has 1 aliphatic rings. The minimum absolute atomic E-state index is 0.702. The maximum Gasteiger partial charge on any atom is 0.0505 e. The van der Waals surface area contributed by atoms with Crippen molar-refractivity contribution in [3.8, 4) is 0 Å². The van der Waals surface area contributed by atoms with Crippen LogP contribution in [0.15, 0.2) is 18.2 Å². The number of nitrogens with zero attached hydrogens (tertiary/aromatic N) is 1. The van der Waals surface area contributed by atoms with Gasteiger partial charge in [0.25, 0.3) is 0 Å². The maximum atomic E-state index is 5.95. The highest BCUT2D eigenvalue weighted by atomic mass is 35.5. The highest BCUT2D eigenvalue weighted by molar-refractivity contribution is 6.30. The SMILES string of the molecule is CN(CC1CCCCC1)c1cc[c]c(Cl)c1. The zero-order valence-electron chi connectivity index (χ0n) is 9.88. The molecule has 1 nitrogen and oxygen atoms in total. The molecular weight excluding hydrogens is 218 g/mol. The van der Waals surface area contributed by atoms with E-state index in [2.05, 4.69) is 24.1 Å². The van der Waals surface area contributed by atoms with E-state index in [-0.39, 0.29) is 0 Å². The van der Waals surface area contributed by atoms with Crippen molar-refractivity contribution in [3.63, 3.8) is 0 Å². The highest BCUT2D eigenvalue weighted by Gasteiger charge is 2.15. The highest BCUT2D eigenvalue weighted by Crippen LogP contribution is 2.26. The lowest BCUT2D eigenvalue weighted by Gasteiger charge is -2.28. The summed E-state index contributed by atoms with van der Waals surface area (Å²) in [6.07, 6.45) is 7.00. The van der Waals surface area contributed by atoms with Gasteiger partial charge in [-0.15, -0.1) is 0 Å². The Bertz CT molecular complexity index is 331. The smallest absolute Gasteiger partial charge is 0.0505 e. The molecule has 1 saturated carbocycles. The third-order valence-electron chi connectivity index (χ3n) is 3.45. The van der Waals surface area contributed by atoms with Gasteiger partial charge in [-0.25, -0.2) is 0 Å². The molecule has 16 heavy (non-hydrogen) atoms. The fourth-order valence-corrected chi connectivity index (χ4v) is 2.70. The van der Waals surface area contributed by atoms with E-state index in [0.29, 0.717) is 5.02 Å². The van der Waals surface area contributed by atoms with Crippen LogP contribution in [0.2, 0.25) is 5.02 Å². The van der Waals surface area contributed by atoms with E-state index < -0.39 is 0 Å². The Morgan fingerprint density at radius 1 is 1.38 bits per heavy atom. The van der Waals surface area contributed by atoms with E-state index in [1.807, 2.05) is 12.1 Å². The molecule has 0 atom stereocenters. The molecule has 0 aromatic heterocycles. The molecule has 0 unspecified atom stereocenters. The summed E-state index contributed by atoms with van der Waals surface area (Å²) < 4.78 is 0. The van der Waals surface area contributed by atoms with E-state index in [9.17, 15) is 0 Å². The minimum atomic E-state index is 0.702. The van der Waals surface area contributed by atoms with E-state index in [0.717, 1.165) is 12.5 Å². The van der Waals surface area contributed by atoms with Crippen molar-refractivity contribution in [1.82, 2.24) is 0 Å². The Morgan fingerprint density at radius 3 is 2.81 bits per heavy atom. The molecule has 1 radical (unpaired) electrons. The second-order valence-electron chi connectivity index (χ2n) is 4.78. The number of rotatable bonds is 3. The lowest BCUT2D eigenvalue weighted by molar-refractivity contribution is 0.362. The number of anilines is 1. The van der Waals surface area contributed by atoms with Crippen LogP contribution in [-0.2, 0) is 0 Å². The molecule has 0 N–H and O–H groups in total. The molecule has 2 heteroatoms. The quantitative estimate of drug-likeness (QED) is 0.762. The van der Waals surface area contributed by atoms with Crippen molar-refractivity contribution >= 4 is 17.3 Å². The number of hydrogen-bond donors (Lipinski definition) is 0. The molecule has 0 heterocycles. The maximum absolute atomic E-state index is 5.95. The van der Waals surface area contributed by atoms with Crippen LogP contribution < -0.4 is 4.90 Å². The van der Waals surface area contributed by atoms with Gasteiger partial charge < -0.3 is 4.90 Å². The van der Waals surface area contributed by atoms with Crippen LogP contribution in [0.5, 0.6) is 0 Å². The van der Waals surface area contributed by atoms with Crippen molar-refractivity contribution in [1.29, 1.82) is 0 Å². The van der Waals surface area contributed by atoms with Gasteiger partial charge in [0.15, 0.2) is 0 Å². The molecule has 2 rings (SSSR count). The first-order valence-electron chi connectivity index (χ1n) is 6.14. The molecule has 87 valence electrons. The summed E-state index contributed by atoms with van der Waals surface area (Å²) in [5.74, 6) is 0.863. The summed E-state index contributed by atoms with van der Waals surface area (Å²) in [5.41, 5.74) is 1.20. The Labute approximate surface area is 103 Å². The molecule has 1 aromatic carbocycles. The molecule has 0 amide bonds. The monoisotopic (exact) mass is 236 g/mol. The van der Waals surface area contributed by atoms with Gasteiger partial charge in [0.2, 0.25) is 0 Å². The molecule has 0 bridgehead atoms. The van der Waals surface area contributed by atoms with Crippen LogP contribution >= 0.6 is 11.6 Å². The molecule has 1 aliphatic carbocycles. The Balaban J connectivity index is 1.94. The van der Waals surface area contributed by atoms with Crippen molar-refractivity contribution in [2.24, 2.45) is 5.92 Å². The van der Waals surface area contributed by atoms with Crippen molar-refractivity contribution in [2.45, 2.75) is 32.1 Å². The van der Waals surface area contributed by atoms with Crippen molar-refractivity contribution in [3.05, 3.63) is 29.3 Å². The summed E-state index contributed by atoms with van der Waals surface area (Å²) in [4.78, 5) is 2.32. The van der Waals surface area contributed by atoms with E-state index >= 15 is 0 Å². The first kappa shape index (κ1) is 11.8. The third-order valence-corrected chi connectivity index (χ3v) is 3.67. The predicted molar refractivity (Wildman–Crippen MR) is 70.1 cm³/mol. The van der Waals surface area contributed by atoms with Crippen LogP contribution in [0.4, 0.5) is 5.69 Å². The van der Waals surface area contributed by atoms with Gasteiger partial charge in [0.05, 0.1) is 5.02 Å². The fraction of sp³-hybridized carbons (Fsp3) is 0.571. The van der Waals surface area contributed by atoms with Gasteiger partial charge in [0.1, 0.15) is 0 Å². The summed E-state index contributed by atoms with van der Waals surface area (Å²) in [7, 11) is 2.15. The van der Waals surface area contributed by atoms with Gasteiger partial charge in [-0.3, -0.25) is 0 Å². The lowest BCUT2D eigenvalue weighted by atomic mass is 9.89. The van der Waals surface area contributed by atoms with Gasteiger partial charge in [-0.2, -0.15) is 0 Å². The van der Waals surface area contributed by atoms with Crippen molar-refractivity contribution in [2.75, 3.05) is 18.5 Å². The van der Waals surface area contributed by atoms with Crippen LogP contribution in [0.25, 0.3) is 0 Å². The molecular formula is C14H19ClN. The van der Waals surface area contributed by atoms with Crippen LogP contribution in [0.3, 0.4) is 0 Å². The van der Waals surface area contributed by atoms with Crippen LogP contribution in [0.1, 0.15) is 32.1 Å². The van der Waals surface area contributed by atoms with Gasteiger partial charge in [-0.1, -0.05) is 36.9 Å². The lowest BCUT2D eigenvalue weighted by Crippen LogP contribution is -2.26. The van der Waals surface area contributed by atoms with Crippen LogP contribution in [-0.4, -0.2) is 13.6 Å². The largest absolute Gasteiger partial charge is 0.374 e. The zero-order valence-corrected chi connectivity index (χ0v) is 10.6. The topological polar surface area (TPSA) is 3.24 Å². The molecule has 1 aromatic rings. The van der Waals surface area contributed by atoms with E-state index in [1.165, 1.54) is 37.8 Å². The van der Waals surface area contributed by atoms with Gasteiger partial charge >= 0.3 is 0 Å². The standard InChI is InChI=1S/C14H19ClN/c1-16(11-12-6-3-2-4-7-12)14-9-5-8-13(15)10-14/h5,9-10,12H,2-4,6-7,11H2,1H3. The summed E-state index contributed by atoms with van der Waals surface area (Å²) in [5, 5.41) is 0.702. The second kappa shape index (κ2) is 5.58. The summed E-state index contributed by atoms with van der Waals surface area (Å²) in [6.45, 7) is 1.15. The van der Waals surface area contributed by atoms with Gasteiger partial charge in [-0.05, 0) is 30.9 Å². The first-order chi connectivity index (χ1) is 7.75. The second-order valence-corrected chi connectivity index (χ2v) is 5.19. The molecule has 0 spiro atoms. The third kappa shape index (κ3) is 3.15. The van der Waals surface area contributed by atoms with E-state index in [1.54, 1.807) is 0 Å². The number of hydrogen-bond acceptors (Lipinski definition) is 1. The number of benzene rings is 1. The predicted octanol–water partition coefficient (Wildman–Crippen LogP) is 4.16. The minimum Gasteiger partial charge on any atom is -0.374 e. The summed E-state index contributed by atoms with van der Waals surface area (Å²) in [6, 6.07) is 8.94. The Hall–Kier alpha value is -0.690. The fourth-order valence-electron chi connectivity index (χ4n) is 2.53. The molecule has 0 saturated heterocycles. The van der Waals surface area contributed by atoms with Crippen LogP contribution in [0, 0.1) is 12.0 Å². The first-order valence-corrected chi connectivity index (χ1v) is 6.52. The van der Waals surface area contributed by atoms with Gasteiger partial charge in [0, 0.05) is 25.3 Å². The average Bonchev–Trinajstić information content (AvgIpc) is 2.30. The Morgan fingerprint density at radius 2 is 2.12 bits per heavy atom. The summed E-state index contributed by atoms with van der Waals surface area (Å²) >= 11 is 5.95. The van der Waals surface area contributed by atoms with E-state index in [4.69, 9.17) is 11.6 Å². The average molecular weight is 237 g/mol. The zero-order chi connectivity index (χ0) is 11.4. The molecule has 1 fully saturated rings. The molecule has 0 aliphatic heterocycles. The number of halogens is 1. The normalized spacial score (nSPS) is 17.4.